The van der Waals surface area contributed by atoms with Gasteiger partial charge in [-0.3, -0.25) is 4.90 Å². The van der Waals surface area contributed by atoms with Crippen molar-refractivity contribution in [2.24, 2.45) is 0 Å². The molecule has 0 saturated heterocycles. The van der Waals surface area contributed by atoms with Crippen molar-refractivity contribution in [3.05, 3.63) is 84.6 Å². The minimum atomic E-state index is -3.76. The summed E-state index contributed by atoms with van der Waals surface area (Å²) >= 11 is 0. The Hall–Kier alpha value is -3.53. The highest BCUT2D eigenvalue weighted by atomic mass is 32.2. The summed E-state index contributed by atoms with van der Waals surface area (Å²) in [6.07, 6.45) is 1.62. The third-order valence-electron chi connectivity index (χ3n) is 5.09. The first-order chi connectivity index (χ1) is 15.4. The largest absolute Gasteiger partial charge is 0.497 e. The summed E-state index contributed by atoms with van der Waals surface area (Å²) in [7, 11) is 1.76. The van der Waals surface area contributed by atoms with Crippen LogP contribution >= 0.6 is 0 Å². The molecule has 0 spiro atoms. The molecule has 1 heterocycles. The monoisotopic (exact) mass is 444 g/mol. The number of methoxy groups -OCH3 is 1. The summed E-state index contributed by atoms with van der Waals surface area (Å²) in [5, 5.41) is 0.788. The van der Waals surface area contributed by atoms with Crippen LogP contribution in [0.3, 0.4) is 0 Å². The molecule has 3 aromatic carbocycles. The lowest BCUT2D eigenvalue weighted by atomic mass is 10.0. The van der Waals surface area contributed by atoms with Gasteiger partial charge in [0.15, 0.2) is 0 Å². The first-order valence-corrected chi connectivity index (χ1v) is 11.6. The van der Waals surface area contributed by atoms with E-state index in [2.05, 4.69) is 11.8 Å². The van der Waals surface area contributed by atoms with Gasteiger partial charge in [-0.15, -0.1) is 0 Å². The van der Waals surface area contributed by atoms with Crippen LogP contribution in [0.4, 0.5) is 0 Å². The van der Waals surface area contributed by atoms with E-state index in [0.29, 0.717) is 17.6 Å². The molecule has 4 aromatic rings. The highest BCUT2D eigenvalue weighted by Crippen LogP contribution is 2.31. The third-order valence-corrected chi connectivity index (χ3v) is 6.78. The lowest BCUT2D eigenvalue weighted by Gasteiger charge is -2.08. The maximum Gasteiger partial charge on any atom is 0.268 e. The van der Waals surface area contributed by atoms with Gasteiger partial charge < -0.3 is 4.74 Å². The second-order valence-electron chi connectivity index (χ2n) is 7.66. The molecule has 0 saturated carbocycles. The Morgan fingerprint density at radius 2 is 1.69 bits per heavy atom. The van der Waals surface area contributed by atoms with Gasteiger partial charge in [-0.25, -0.2) is 12.4 Å². The van der Waals surface area contributed by atoms with Crippen LogP contribution in [-0.2, 0) is 10.0 Å². The smallest absolute Gasteiger partial charge is 0.268 e. The number of aromatic nitrogens is 1. The summed E-state index contributed by atoms with van der Waals surface area (Å²) in [4.78, 5) is 2.20. The number of hydrogen-bond donors (Lipinski definition) is 0. The zero-order valence-electron chi connectivity index (χ0n) is 18.2. The number of nitrogens with zero attached hydrogens (tertiary/aromatic N) is 2. The third kappa shape index (κ3) is 4.26. The Bertz CT molecular complexity index is 1430. The predicted octanol–water partition coefficient (Wildman–Crippen LogP) is 4.47. The molecule has 6 heteroatoms. The maximum absolute atomic E-state index is 13.4. The van der Waals surface area contributed by atoms with Crippen molar-refractivity contribution in [3.63, 3.8) is 0 Å². The molecule has 1 aromatic heterocycles. The Labute approximate surface area is 188 Å². The van der Waals surface area contributed by atoms with Gasteiger partial charge in [0.1, 0.15) is 5.75 Å². The summed E-state index contributed by atoms with van der Waals surface area (Å²) in [5.74, 6) is 7.05. The summed E-state index contributed by atoms with van der Waals surface area (Å²) < 4.78 is 33.4. The van der Waals surface area contributed by atoms with E-state index in [1.807, 2.05) is 61.5 Å². The Morgan fingerprint density at radius 3 is 2.41 bits per heavy atom. The van der Waals surface area contributed by atoms with Crippen LogP contribution in [0.5, 0.6) is 5.75 Å². The van der Waals surface area contributed by atoms with Crippen LogP contribution in [0, 0.1) is 11.8 Å². The molecule has 0 radical (unpaired) electrons. The van der Waals surface area contributed by atoms with Gasteiger partial charge in [-0.05, 0) is 61.6 Å². The second-order valence-corrected chi connectivity index (χ2v) is 9.48. The van der Waals surface area contributed by atoms with Crippen LogP contribution < -0.4 is 4.74 Å². The molecular formula is C26H24N2O3S. The number of hydrogen-bond acceptors (Lipinski definition) is 4. The predicted molar refractivity (Wildman–Crippen MR) is 128 cm³/mol. The van der Waals surface area contributed by atoms with Crippen molar-refractivity contribution in [1.82, 2.24) is 8.87 Å². The zero-order chi connectivity index (χ0) is 22.7. The second kappa shape index (κ2) is 8.91. The highest BCUT2D eigenvalue weighted by Gasteiger charge is 2.21. The number of rotatable bonds is 5. The van der Waals surface area contributed by atoms with Gasteiger partial charge in [0.05, 0.1) is 29.6 Å². The van der Waals surface area contributed by atoms with Crippen LogP contribution in [0.2, 0.25) is 0 Å². The fraction of sp³-hybridized carbons (Fsp3) is 0.154. The minimum Gasteiger partial charge on any atom is -0.497 e. The molecule has 0 aliphatic carbocycles. The fourth-order valence-corrected chi connectivity index (χ4v) is 4.87. The number of benzene rings is 3. The van der Waals surface area contributed by atoms with E-state index in [-0.39, 0.29) is 4.90 Å². The average molecular weight is 445 g/mol. The van der Waals surface area contributed by atoms with Crippen molar-refractivity contribution < 1.29 is 13.2 Å². The lowest BCUT2D eigenvalue weighted by molar-refractivity contribution is 0.415. The van der Waals surface area contributed by atoms with Crippen LogP contribution in [-0.4, -0.2) is 45.0 Å². The Kier molecular flexibility index (Phi) is 6.04. The van der Waals surface area contributed by atoms with E-state index >= 15 is 0 Å². The summed E-state index contributed by atoms with van der Waals surface area (Å²) in [6, 6.07) is 22.0. The first kappa shape index (κ1) is 21.7. The summed E-state index contributed by atoms with van der Waals surface area (Å²) in [5.41, 5.74) is 3.21. The molecule has 4 rings (SSSR count). The van der Waals surface area contributed by atoms with Gasteiger partial charge in [-0.1, -0.05) is 48.2 Å². The molecule has 0 N–H and O–H groups in total. The van der Waals surface area contributed by atoms with Crippen LogP contribution in [0.15, 0.2) is 83.9 Å². The van der Waals surface area contributed by atoms with E-state index in [1.54, 1.807) is 43.6 Å². The normalized spacial score (nSPS) is 11.4. The molecular weight excluding hydrogens is 420 g/mol. The Morgan fingerprint density at radius 1 is 0.938 bits per heavy atom. The first-order valence-electron chi connectivity index (χ1n) is 10.1. The van der Waals surface area contributed by atoms with E-state index in [1.165, 1.54) is 3.97 Å². The van der Waals surface area contributed by atoms with E-state index in [9.17, 15) is 8.42 Å². The van der Waals surface area contributed by atoms with Crippen molar-refractivity contribution in [3.8, 4) is 28.7 Å². The molecule has 0 amide bonds. The SMILES string of the molecule is COc1cccc(-c2ccc3c(c2)c(C#CCN(C)C)cn3S(=O)(=O)c2ccccc2)c1. The molecule has 0 bridgehead atoms. The molecule has 0 aliphatic rings. The fourth-order valence-electron chi connectivity index (χ4n) is 3.48. The zero-order valence-corrected chi connectivity index (χ0v) is 19.1. The van der Waals surface area contributed by atoms with Gasteiger partial charge in [0.25, 0.3) is 10.0 Å². The Balaban J connectivity index is 1.91. The molecule has 0 aliphatic heterocycles. The summed E-state index contributed by atoms with van der Waals surface area (Å²) in [6.45, 7) is 0.577. The highest BCUT2D eigenvalue weighted by molar-refractivity contribution is 7.90. The minimum absolute atomic E-state index is 0.238. The van der Waals surface area contributed by atoms with Crippen LogP contribution in [0.25, 0.3) is 22.0 Å². The van der Waals surface area contributed by atoms with E-state index in [0.717, 1.165) is 22.3 Å². The quantitative estimate of drug-likeness (QED) is 0.426. The van der Waals surface area contributed by atoms with Crippen molar-refractivity contribution in [2.45, 2.75) is 4.90 Å². The van der Waals surface area contributed by atoms with Gasteiger partial charge in [0, 0.05) is 11.6 Å². The number of fused-ring (bicyclic) bond motifs is 1. The molecule has 32 heavy (non-hydrogen) atoms. The van der Waals surface area contributed by atoms with Crippen molar-refractivity contribution in [1.29, 1.82) is 0 Å². The van der Waals surface area contributed by atoms with E-state index in [4.69, 9.17) is 4.74 Å². The molecule has 0 unspecified atom stereocenters. The lowest BCUT2D eigenvalue weighted by Crippen LogP contribution is -2.11. The van der Waals surface area contributed by atoms with Gasteiger partial charge in [0.2, 0.25) is 0 Å². The van der Waals surface area contributed by atoms with Crippen molar-refractivity contribution >= 4 is 20.9 Å². The van der Waals surface area contributed by atoms with E-state index < -0.39 is 10.0 Å². The molecule has 0 atom stereocenters. The molecule has 162 valence electrons. The van der Waals surface area contributed by atoms with Gasteiger partial charge >= 0.3 is 0 Å². The molecule has 5 nitrogen and oxygen atoms in total. The maximum atomic E-state index is 13.4. The standard InChI is InChI=1S/C26H24N2O3S/c1-27(2)16-8-10-22-19-28(32(29,30)24-12-5-4-6-13-24)26-15-14-21(18-25(22)26)20-9-7-11-23(17-20)31-3/h4-7,9,11-15,17-19H,16H2,1-3H3. The van der Waals surface area contributed by atoms with Gasteiger partial charge in [-0.2, -0.15) is 0 Å². The van der Waals surface area contributed by atoms with Crippen molar-refractivity contribution in [2.75, 3.05) is 27.7 Å². The number of ether oxygens (including phenoxy) is 1. The average Bonchev–Trinajstić information content (AvgIpc) is 3.18. The molecule has 0 fully saturated rings. The topological polar surface area (TPSA) is 51.5 Å². The van der Waals surface area contributed by atoms with Crippen LogP contribution in [0.1, 0.15) is 5.56 Å².